The fourth-order valence-corrected chi connectivity index (χ4v) is 3.14. The molecule has 0 aromatic heterocycles. The predicted octanol–water partition coefficient (Wildman–Crippen LogP) is 5.23. The van der Waals surface area contributed by atoms with Crippen LogP contribution in [0.3, 0.4) is 0 Å². The Balaban J connectivity index is 1.76. The summed E-state index contributed by atoms with van der Waals surface area (Å²) in [5.41, 5.74) is 1.45. The first-order valence-electron chi connectivity index (χ1n) is 9.95. The van der Waals surface area contributed by atoms with Crippen molar-refractivity contribution in [1.82, 2.24) is 4.90 Å². The standard InChI is InChI=1S/C25H25NO4/c1-2-20(25(28)29)18-26(24(27)21-9-5-3-6-10-21)17-19-13-15-23(16-14-19)30-22-11-7-4-8-12-22/h3-16,20H,2,17-18H2,1H3,(H,28,29). The summed E-state index contributed by atoms with van der Waals surface area (Å²) < 4.78 is 5.81. The minimum Gasteiger partial charge on any atom is -0.481 e. The van der Waals surface area contributed by atoms with Crippen LogP contribution >= 0.6 is 0 Å². The Morgan fingerprint density at radius 1 is 0.867 bits per heavy atom. The Labute approximate surface area is 176 Å². The van der Waals surface area contributed by atoms with Crippen LogP contribution in [0.1, 0.15) is 29.3 Å². The van der Waals surface area contributed by atoms with E-state index in [1.54, 1.807) is 29.2 Å². The molecular weight excluding hydrogens is 378 g/mol. The van der Waals surface area contributed by atoms with Crippen LogP contribution in [0.4, 0.5) is 0 Å². The van der Waals surface area contributed by atoms with E-state index in [4.69, 9.17) is 4.74 Å². The highest BCUT2D eigenvalue weighted by Gasteiger charge is 2.24. The first kappa shape index (κ1) is 21.1. The summed E-state index contributed by atoms with van der Waals surface area (Å²) in [4.78, 5) is 26.2. The summed E-state index contributed by atoms with van der Waals surface area (Å²) in [5.74, 6) is -0.241. The molecule has 0 saturated carbocycles. The predicted molar refractivity (Wildman–Crippen MR) is 116 cm³/mol. The number of nitrogens with zero attached hydrogens (tertiary/aromatic N) is 1. The molecular formula is C25H25NO4. The van der Waals surface area contributed by atoms with Crippen molar-refractivity contribution < 1.29 is 19.4 Å². The molecule has 0 bridgehead atoms. The van der Waals surface area contributed by atoms with Crippen LogP contribution in [0.15, 0.2) is 84.9 Å². The molecule has 1 amide bonds. The largest absolute Gasteiger partial charge is 0.481 e. The molecule has 154 valence electrons. The van der Waals surface area contributed by atoms with Crippen molar-refractivity contribution in [2.45, 2.75) is 19.9 Å². The number of carbonyl (C=O) groups excluding carboxylic acids is 1. The first-order chi connectivity index (χ1) is 14.6. The van der Waals surface area contributed by atoms with Crippen LogP contribution in [0, 0.1) is 5.92 Å². The first-order valence-corrected chi connectivity index (χ1v) is 9.95. The molecule has 0 aliphatic carbocycles. The lowest BCUT2D eigenvalue weighted by atomic mass is 10.0. The molecule has 0 saturated heterocycles. The number of amides is 1. The Morgan fingerprint density at radius 2 is 1.43 bits per heavy atom. The van der Waals surface area contributed by atoms with Crippen molar-refractivity contribution in [1.29, 1.82) is 0 Å². The van der Waals surface area contributed by atoms with E-state index in [1.165, 1.54) is 0 Å². The van der Waals surface area contributed by atoms with E-state index in [0.717, 1.165) is 11.3 Å². The van der Waals surface area contributed by atoms with Gasteiger partial charge in [0.15, 0.2) is 0 Å². The third kappa shape index (κ3) is 5.70. The maximum absolute atomic E-state index is 13.0. The topological polar surface area (TPSA) is 66.8 Å². The van der Waals surface area contributed by atoms with Crippen LogP contribution < -0.4 is 4.74 Å². The summed E-state index contributed by atoms with van der Waals surface area (Å²) in [6.07, 6.45) is 0.456. The lowest BCUT2D eigenvalue weighted by Crippen LogP contribution is -2.37. The third-order valence-electron chi connectivity index (χ3n) is 4.87. The highest BCUT2D eigenvalue weighted by Crippen LogP contribution is 2.22. The van der Waals surface area contributed by atoms with Crippen LogP contribution in [0.2, 0.25) is 0 Å². The second-order valence-corrected chi connectivity index (χ2v) is 7.05. The van der Waals surface area contributed by atoms with E-state index in [2.05, 4.69) is 0 Å². The molecule has 5 heteroatoms. The Morgan fingerprint density at radius 3 is 2.00 bits per heavy atom. The zero-order valence-corrected chi connectivity index (χ0v) is 16.9. The number of carbonyl (C=O) groups is 2. The van der Waals surface area contributed by atoms with Gasteiger partial charge in [0, 0.05) is 18.7 Å². The molecule has 3 aromatic carbocycles. The normalized spacial score (nSPS) is 11.5. The second kappa shape index (κ2) is 10.3. The van der Waals surface area contributed by atoms with Gasteiger partial charge in [0.05, 0.1) is 5.92 Å². The SMILES string of the molecule is CCC(CN(Cc1ccc(Oc2ccccc2)cc1)C(=O)c1ccccc1)C(=O)O. The average molecular weight is 403 g/mol. The number of carboxylic acids is 1. The minimum absolute atomic E-state index is 0.155. The molecule has 0 radical (unpaired) electrons. The third-order valence-corrected chi connectivity index (χ3v) is 4.87. The molecule has 3 aromatic rings. The molecule has 1 atom stereocenters. The highest BCUT2D eigenvalue weighted by molar-refractivity contribution is 5.94. The molecule has 5 nitrogen and oxygen atoms in total. The monoisotopic (exact) mass is 403 g/mol. The fraction of sp³-hybridized carbons (Fsp3) is 0.200. The van der Waals surface area contributed by atoms with Gasteiger partial charge in [-0.15, -0.1) is 0 Å². The zero-order valence-electron chi connectivity index (χ0n) is 16.9. The number of aliphatic carboxylic acids is 1. The number of hydrogen-bond donors (Lipinski definition) is 1. The zero-order chi connectivity index (χ0) is 21.3. The van der Waals surface area contributed by atoms with Gasteiger partial charge < -0.3 is 14.7 Å². The van der Waals surface area contributed by atoms with Crippen molar-refractivity contribution in [3.05, 3.63) is 96.1 Å². The Kier molecular flexibility index (Phi) is 7.22. The van der Waals surface area contributed by atoms with Gasteiger partial charge >= 0.3 is 5.97 Å². The van der Waals surface area contributed by atoms with E-state index >= 15 is 0 Å². The van der Waals surface area contributed by atoms with Crippen molar-refractivity contribution in [2.24, 2.45) is 5.92 Å². The van der Waals surface area contributed by atoms with E-state index in [1.807, 2.05) is 67.6 Å². The van der Waals surface area contributed by atoms with E-state index in [-0.39, 0.29) is 12.5 Å². The summed E-state index contributed by atoms with van der Waals surface area (Å²) in [5, 5.41) is 9.46. The second-order valence-electron chi connectivity index (χ2n) is 7.05. The molecule has 0 spiro atoms. The smallest absolute Gasteiger partial charge is 0.308 e. The molecule has 1 N–H and O–H groups in total. The minimum atomic E-state index is -0.894. The van der Waals surface area contributed by atoms with Gasteiger partial charge in [-0.25, -0.2) is 0 Å². The molecule has 0 aliphatic rings. The van der Waals surface area contributed by atoms with Gasteiger partial charge in [0.25, 0.3) is 5.91 Å². The fourth-order valence-electron chi connectivity index (χ4n) is 3.14. The molecule has 0 heterocycles. The lowest BCUT2D eigenvalue weighted by Gasteiger charge is -2.26. The maximum Gasteiger partial charge on any atom is 0.308 e. The highest BCUT2D eigenvalue weighted by atomic mass is 16.5. The van der Waals surface area contributed by atoms with Gasteiger partial charge in [-0.1, -0.05) is 55.5 Å². The van der Waals surface area contributed by atoms with Crippen LogP contribution in [-0.4, -0.2) is 28.4 Å². The Hall–Kier alpha value is -3.60. The number of rotatable bonds is 9. The summed E-state index contributed by atoms with van der Waals surface area (Å²) in [6.45, 7) is 2.30. The summed E-state index contributed by atoms with van der Waals surface area (Å²) in [6, 6.07) is 25.9. The van der Waals surface area contributed by atoms with Gasteiger partial charge in [-0.2, -0.15) is 0 Å². The van der Waals surface area contributed by atoms with Gasteiger partial charge in [-0.05, 0) is 48.4 Å². The van der Waals surface area contributed by atoms with Crippen LogP contribution in [0.25, 0.3) is 0 Å². The van der Waals surface area contributed by atoms with E-state index in [9.17, 15) is 14.7 Å². The number of benzene rings is 3. The van der Waals surface area contributed by atoms with Gasteiger partial charge in [0.2, 0.25) is 0 Å². The molecule has 30 heavy (non-hydrogen) atoms. The number of para-hydroxylation sites is 1. The molecule has 3 rings (SSSR count). The van der Waals surface area contributed by atoms with Crippen molar-refractivity contribution in [3.63, 3.8) is 0 Å². The van der Waals surface area contributed by atoms with E-state index in [0.29, 0.717) is 24.3 Å². The molecule has 0 aliphatic heterocycles. The van der Waals surface area contributed by atoms with Crippen molar-refractivity contribution in [3.8, 4) is 11.5 Å². The summed E-state index contributed by atoms with van der Waals surface area (Å²) in [7, 11) is 0. The Bertz CT molecular complexity index is 955. The number of carboxylic acid groups (broad SMARTS) is 1. The quantitative estimate of drug-likeness (QED) is 0.531. The van der Waals surface area contributed by atoms with Gasteiger partial charge in [-0.3, -0.25) is 9.59 Å². The van der Waals surface area contributed by atoms with Crippen LogP contribution in [-0.2, 0) is 11.3 Å². The molecule has 0 fully saturated rings. The van der Waals surface area contributed by atoms with Crippen LogP contribution in [0.5, 0.6) is 11.5 Å². The molecule has 1 unspecified atom stereocenters. The van der Waals surface area contributed by atoms with E-state index < -0.39 is 11.9 Å². The number of ether oxygens (including phenoxy) is 1. The summed E-state index contributed by atoms with van der Waals surface area (Å²) >= 11 is 0. The number of hydrogen-bond acceptors (Lipinski definition) is 3. The lowest BCUT2D eigenvalue weighted by molar-refractivity contribution is -0.142. The maximum atomic E-state index is 13.0. The average Bonchev–Trinajstić information content (AvgIpc) is 2.78. The van der Waals surface area contributed by atoms with Gasteiger partial charge in [0.1, 0.15) is 11.5 Å². The van der Waals surface area contributed by atoms with Crippen molar-refractivity contribution in [2.75, 3.05) is 6.54 Å². The van der Waals surface area contributed by atoms with Crippen molar-refractivity contribution >= 4 is 11.9 Å².